The van der Waals surface area contributed by atoms with Crippen LogP contribution in [0.5, 0.6) is 0 Å². The second-order valence-corrected chi connectivity index (χ2v) is 3.22. The molecule has 1 atom stereocenters. The third-order valence-electron chi connectivity index (χ3n) is 1.97. The third-order valence-corrected chi connectivity index (χ3v) is 1.97. The highest BCUT2D eigenvalue weighted by molar-refractivity contribution is 4.61. The van der Waals surface area contributed by atoms with Crippen LogP contribution in [0.15, 0.2) is 0 Å². The number of nitrogens with two attached hydrogens (primary N) is 1. The average Bonchev–Trinajstić information content (AvgIpc) is 2.26. The Morgan fingerprint density at radius 3 is 1.93 bits per heavy atom. The van der Waals surface area contributed by atoms with E-state index in [0.717, 1.165) is 13.1 Å². The van der Waals surface area contributed by atoms with Gasteiger partial charge in [-0.3, -0.25) is 0 Å². The van der Waals surface area contributed by atoms with E-state index in [1.54, 1.807) is 0 Å². The van der Waals surface area contributed by atoms with Crippen molar-refractivity contribution in [1.29, 1.82) is 0 Å². The molecule has 3 nitrogen and oxygen atoms in total. The monoisotopic (exact) mass is 203 g/mol. The van der Waals surface area contributed by atoms with Gasteiger partial charge in [-0.15, -0.1) is 0 Å². The fourth-order valence-electron chi connectivity index (χ4n) is 1.13. The maximum Gasteiger partial charge on any atom is 0.0568 e. The lowest BCUT2D eigenvalue weighted by Gasteiger charge is -2.17. The van der Waals surface area contributed by atoms with E-state index >= 15 is 0 Å². The van der Waals surface area contributed by atoms with Crippen molar-refractivity contribution in [3.63, 3.8) is 0 Å². The van der Waals surface area contributed by atoms with Gasteiger partial charge in [-0.25, -0.2) is 0 Å². The van der Waals surface area contributed by atoms with Gasteiger partial charge in [0.15, 0.2) is 0 Å². The molecule has 88 valence electrons. The van der Waals surface area contributed by atoms with E-state index in [4.69, 9.17) is 0 Å². The molecule has 0 aliphatic carbocycles. The fraction of sp³-hybridized carbons (Fsp3) is 1.00. The fourth-order valence-corrected chi connectivity index (χ4v) is 1.13. The number of unbranched alkanes of at least 4 members (excludes halogenated alkanes) is 1. The van der Waals surface area contributed by atoms with Gasteiger partial charge in [-0.05, 0) is 39.4 Å². The minimum absolute atomic E-state index is 0.525. The summed E-state index contributed by atoms with van der Waals surface area (Å²) in [5.41, 5.74) is 4.50. The molecule has 0 fully saturated rings. The molecule has 0 aliphatic rings. The summed E-state index contributed by atoms with van der Waals surface area (Å²) in [6.45, 7) is 8.91. The topological polar surface area (TPSA) is 50.1 Å². The SMILES string of the molecule is CCCCNC(CC)NCCC.CN. The van der Waals surface area contributed by atoms with E-state index in [9.17, 15) is 0 Å². The molecule has 0 aromatic heterocycles. The molecular formula is C11H29N3. The number of hydrogen-bond donors (Lipinski definition) is 3. The first kappa shape index (κ1) is 16.3. The van der Waals surface area contributed by atoms with Gasteiger partial charge in [0.25, 0.3) is 0 Å². The van der Waals surface area contributed by atoms with Crippen LogP contribution < -0.4 is 16.4 Å². The van der Waals surface area contributed by atoms with Gasteiger partial charge < -0.3 is 16.4 Å². The minimum atomic E-state index is 0.525. The summed E-state index contributed by atoms with van der Waals surface area (Å²) in [4.78, 5) is 0. The Kier molecular flexibility index (Phi) is 17.9. The molecule has 0 heterocycles. The molecule has 0 aliphatic heterocycles. The normalized spacial score (nSPS) is 11.8. The summed E-state index contributed by atoms with van der Waals surface area (Å²) in [6.07, 6.45) is 5.47. The smallest absolute Gasteiger partial charge is 0.0568 e. The Balaban J connectivity index is 0. The maximum absolute atomic E-state index is 4.50. The van der Waals surface area contributed by atoms with Gasteiger partial charge in [0, 0.05) is 0 Å². The molecule has 3 heteroatoms. The van der Waals surface area contributed by atoms with Crippen molar-refractivity contribution in [3.05, 3.63) is 0 Å². The van der Waals surface area contributed by atoms with Crippen LogP contribution in [-0.4, -0.2) is 26.3 Å². The molecule has 0 saturated heterocycles. The summed E-state index contributed by atoms with van der Waals surface area (Å²) in [6, 6.07) is 0. The van der Waals surface area contributed by atoms with E-state index in [-0.39, 0.29) is 0 Å². The van der Waals surface area contributed by atoms with E-state index < -0.39 is 0 Å². The van der Waals surface area contributed by atoms with Crippen molar-refractivity contribution in [2.24, 2.45) is 5.73 Å². The highest BCUT2D eigenvalue weighted by Crippen LogP contribution is 1.89. The molecule has 0 rings (SSSR count). The van der Waals surface area contributed by atoms with Gasteiger partial charge in [0.2, 0.25) is 0 Å². The largest absolute Gasteiger partial charge is 0.333 e. The van der Waals surface area contributed by atoms with Crippen LogP contribution in [0.3, 0.4) is 0 Å². The third kappa shape index (κ3) is 11.9. The molecule has 0 spiro atoms. The number of hydrogen-bond acceptors (Lipinski definition) is 3. The first-order valence-corrected chi connectivity index (χ1v) is 5.89. The first-order valence-electron chi connectivity index (χ1n) is 5.89. The van der Waals surface area contributed by atoms with Crippen molar-refractivity contribution in [3.8, 4) is 0 Å². The van der Waals surface area contributed by atoms with Gasteiger partial charge in [-0.1, -0.05) is 27.2 Å². The Morgan fingerprint density at radius 1 is 0.929 bits per heavy atom. The number of rotatable bonds is 8. The molecule has 1 unspecified atom stereocenters. The van der Waals surface area contributed by atoms with Crippen LogP contribution in [0, 0.1) is 0 Å². The lowest BCUT2D eigenvalue weighted by molar-refractivity contribution is 0.410. The lowest BCUT2D eigenvalue weighted by Crippen LogP contribution is -2.42. The van der Waals surface area contributed by atoms with Crippen LogP contribution in [0.2, 0.25) is 0 Å². The van der Waals surface area contributed by atoms with Crippen LogP contribution >= 0.6 is 0 Å². The molecule has 0 radical (unpaired) electrons. The molecule has 14 heavy (non-hydrogen) atoms. The molecule has 0 amide bonds. The summed E-state index contributed by atoms with van der Waals surface area (Å²) in [5, 5.41) is 6.96. The van der Waals surface area contributed by atoms with E-state index in [1.165, 1.54) is 32.7 Å². The van der Waals surface area contributed by atoms with E-state index in [2.05, 4.69) is 37.1 Å². The quantitative estimate of drug-likeness (QED) is 0.415. The summed E-state index contributed by atoms with van der Waals surface area (Å²) < 4.78 is 0. The lowest BCUT2D eigenvalue weighted by atomic mass is 10.3. The zero-order chi connectivity index (χ0) is 11.2. The number of nitrogens with one attached hydrogen (secondary N) is 2. The Morgan fingerprint density at radius 2 is 1.50 bits per heavy atom. The Hall–Kier alpha value is -0.120. The van der Waals surface area contributed by atoms with Crippen molar-refractivity contribution in [1.82, 2.24) is 10.6 Å². The maximum atomic E-state index is 4.50. The molecule has 0 bridgehead atoms. The molecule has 0 aromatic carbocycles. The Bertz CT molecular complexity index is 86.6. The van der Waals surface area contributed by atoms with Crippen molar-refractivity contribution >= 4 is 0 Å². The van der Waals surface area contributed by atoms with Crippen LogP contribution in [0.4, 0.5) is 0 Å². The predicted octanol–water partition coefficient (Wildman–Crippen LogP) is 1.69. The first-order chi connectivity index (χ1) is 6.85. The molecule has 0 saturated carbocycles. The van der Waals surface area contributed by atoms with E-state index in [0.29, 0.717) is 6.17 Å². The Labute approximate surface area is 89.8 Å². The van der Waals surface area contributed by atoms with Crippen LogP contribution in [0.25, 0.3) is 0 Å². The van der Waals surface area contributed by atoms with Gasteiger partial charge >= 0.3 is 0 Å². The van der Waals surface area contributed by atoms with Crippen LogP contribution in [0.1, 0.15) is 46.5 Å². The summed E-state index contributed by atoms with van der Waals surface area (Å²) in [5.74, 6) is 0. The molecule has 0 aromatic rings. The predicted molar refractivity (Wildman–Crippen MR) is 65.4 cm³/mol. The second-order valence-electron chi connectivity index (χ2n) is 3.22. The summed E-state index contributed by atoms with van der Waals surface area (Å²) >= 11 is 0. The molecule has 4 N–H and O–H groups in total. The second kappa shape index (κ2) is 15.4. The van der Waals surface area contributed by atoms with Gasteiger partial charge in [0.1, 0.15) is 0 Å². The standard InChI is InChI=1S/C10H24N2.CH5N/c1-4-7-9-12-10(6-3)11-8-5-2;1-2/h10-12H,4-9H2,1-3H3;2H2,1H3. The molecular weight excluding hydrogens is 174 g/mol. The van der Waals surface area contributed by atoms with Crippen molar-refractivity contribution in [2.75, 3.05) is 20.1 Å². The zero-order valence-corrected chi connectivity index (χ0v) is 10.4. The van der Waals surface area contributed by atoms with E-state index in [1.807, 2.05) is 0 Å². The highest BCUT2D eigenvalue weighted by atomic mass is 15.1. The van der Waals surface area contributed by atoms with Crippen LogP contribution in [-0.2, 0) is 0 Å². The van der Waals surface area contributed by atoms with Gasteiger partial charge in [-0.2, -0.15) is 0 Å². The average molecular weight is 203 g/mol. The van der Waals surface area contributed by atoms with Crippen molar-refractivity contribution in [2.45, 2.75) is 52.6 Å². The highest BCUT2D eigenvalue weighted by Gasteiger charge is 2.01. The zero-order valence-electron chi connectivity index (χ0n) is 10.4. The van der Waals surface area contributed by atoms with Crippen molar-refractivity contribution < 1.29 is 0 Å². The minimum Gasteiger partial charge on any atom is -0.333 e. The van der Waals surface area contributed by atoms with Gasteiger partial charge in [0.05, 0.1) is 6.17 Å². The summed E-state index contributed by atoms with van der Waals surface area (Å²) in [7, 11) is 1.50.